The van der Waals surface area contributed by atoms with E-state index >= 15 is 0 Å². The number of rotatable bonds is 8. The molecule has 21 heavy (non-hydrogen) atoms. The Balaban J connectivity index is 2.02. The highest BCUT2D eigenvalue weighted by Crippen LogP contribution is 2.27. The molecule has 0 spiro atoms. The van der Waals surface area contributed by atoms with Gasteiger partial charge in [0.25, 0.3) is 0 Å². The van der Waals surface area contributed by atoms with E-state index in [1.54, 1.807) is 4.68 Å². The van der Waals surface area contributed by atoms with E-state index in [1.165, 1.54) is 0 Å². The van der Waals surface area contributed by atoms with Crippen molar-refractivity contribution in [2.45, 2.75) is 6.54 Å². The molecular formula is C15H20ClN3O2. The summed E-state index contributed by atoms with van der Waals surface area (Å²) < 4.78 is 6.89. The molecule has 114 valence electrons. The Morgan fingerprint density at radius 1 is 1.29 bits per heavy atom. The van der Waals surface area contributed by atoms with Gasteiger partial charge in [0, 0.05) is 31.3 Å². The lowest BCUT2D eigenvalue weighted by Crippen LogP contribution is -2.20. The van der Waals surface area contributed by atoms with E-state index in [2.05, 4.69) is 10.4 Å². The lowest BCUT2D eigenvalue weighted by atomic mass is 10.1. The molecule has 0 fully saturated rings. The maximum absolute atomic E-state index is 8.63. The van der Waals surface area contributed by atoms with Crippen LogP contribution in [0.4, 0.5) is 0 Å². The zero-order chi connectivity index (χ0) is 15.1. The first-order chi connectivity index (χ1) is 10.2. The zero-order valence-corrected chi connectivity index (χ0v) is 12.8. The van der Waals surface area contributed by atoms with Crippen LogP contribution in [0.5, 0.6) is 0 Å². The summed E-state index contributed by atoms with van der Waals surface area (Å²) in [5, 5.41) is 17.0. The fourth-order valence-corrected chi connectivity index (χ4v) is 2.25. The summed E-state index contributed by atoms with van der Waals surface area (Å²) in [6, 6.07) is 9.99. The third-order valence-electron chi connectivity index (χ3n) is 3.08. The third kappa shape index (κ3) is 4.28. The van der Waals surface area contributed by atoms with E-state index in [0.29, 0.717) is 31.5 Å². The summed E-state index contributed by atoms with van der Waals surface area (Å²) in [5.74, 6) is 0. The predicted molar refractivity (Wildman–Crippen MR) is 83.3 cm³/mol. The Kier molecular flexibility index (Phi) is 6.20. The Morgan fingerprint density at radius 3 is 2.76 bits per heavy atom. The molecule has 0 unspecified atom stereocenters. The molecule has 1 heterocycles. The van der Waals surface area contributed by atoms with Gasteiger partial charge in [-0.15, -0.1) is 0 Å². The van der Waals surface area contributed by atoms with Crippen LogP contribution in [0.1, 0.15) is 5.56 Å². The summed E-state index contributed by atoms with van der Waals surface area (Å²) in [4.78, 5) is 0. The molecule has 0 saturated carbocycles. The fraction of sp³-hybridized carbons (Fsp3) is 0.400. The van der Waals surface area contributed by atoms with E-state index in [9.17, 15) is 0 Å². The van der Waals surface area contributed by atoms with Crippen molar-refractivity contribution in [1.82, 2.24) is 15.1 Å². The van der Waals surface area contributed by atoms with Gasteiger partial charge in [0.2, 0.25) is 0 Å². The van der Waals surface area contributed by atoms with Crippen molar-refractivity contribution in [3.63, 3.8) is 0 Å². The standard InChI is InChI=1S/C15H20ClN3O2/c1-19-15(16)13(11-17-7-9-21-10-8-20)14(18-19)12-5-3-2-4-6-12/h2-6,17,20H,7-11H2,1H3. The van der Waals surface area contributed by atoms with Crippen molar-refractivity contribution in [2.24, 2.45) is 7.05 Å². The molecule has 0 atom stereocenters. The van der Waals surface area contributed by atoms with E-state index in [0.717, 1.165) is 16.8 Å². The summed E-state index contributed by atoms with van der Waals surface area (Å²) in [6.45, 7) is 2.29. The van der Waals surface area contributed by atoms with E-state index in [4.69, 9.17) is 21.4 Å². The van der Waals surface area contributed by atoms with Gasteiger partial charge in [-0.1, -0.05) is 41.9 Å². The van der Waals surface area contributed by atoms with Crippen molar-refractivity contribution in [3.05, 3.63) is 41.0 Å². The largest absolute Gasteiger partial charge is 0.394 e. The molecule has 2 aromatic rings. The monoisotopic (exact) mass is 309 g/mol. The summed E-state index contributed by atoms with van der Waals surface area (Å²) in [7, 11) is 1.84. The SMILES string of the molecule is Cn1nc(-c2ccccc2)c(CNCCOCCO)c1Cl. The molecule has 6 heteroatoms. The van der Waals surface area contributed by atoms with Crippen molar-refractivity contribution in [2.75, 3.05) is 26.4 Å². The molecule has 2 N–H and O–H groups in total. The van der Waals surface area contributed by atoms with Crippen molar-refractivity contribution in [3.8, 4) is 11.3 Å². The van der Waals surface area contributed by atoms with Crippen LogP contribution in [0.25, 0.3) is 11.3 Å². The van der Waals surface area contributed by atoms with Gasteiger partial charge in [0.15, 0.2) is 0 Å². The first-order valence-electron chi connectivity index (χ1n) is 6.90. The number of hydrogen-bond donors (Lipinski definition) is 2. The quantitative estimate of drug-likeness (QED) is 0.731. The van der Waals surface area contributed by atoms with Gasteiger partial charge in [-0.2, -0.15) is 5.10 Å². The molecule has 0 aliphatic heterocycles. The van der Waals surface area contributed by atoms with E-state index in [1.807, 2.05) is 37.4 Å². The molecule has 0 aliphatic rings. The second-order valence-electron chi connectivity index (χ2n) is 4.62. The van der Waals surface area contributed by atoms with Crippen LogP contribution in [0.15, 0.2) is 30.3 Å². The van der Waals surface area contributed by atoms with Gasteiger partial charge < -0.3 is 15.2 Å². The number of nitrogens with zero attached hydrogens (tertiary/aromatic N) is 2. The van der Waals surface area contributed by atoms with Gasteiger partial charge in [-0.3, -0.25) is 4.68 Å². The molecule has 0 bridgehead atoms. The molecule has 2 rings (SSSR count). The smallest absolute Gasteiger partial charge is 0.131 e. The van der Waals surface area contributed by atoms with Gasteiger partial charge >= 0.3 is 0 Å². The first kappa shape index (κ1) is 16.0. The van der Waals surface area contributed by atoms with Gasteiger partial charge in [-0.05, 0) is 0 Å². The molecular weight excluding hydrogens is 290 g/mol. The minimum atomic E-state index is 0.0482. The lowest BCUT2D eigenvalue weighted by molar-refractivity contribution is 0.0938. The maximum Gasteiger partial charge on any atom is 0.131 e. The minimum absolute atomic E-state index is 0.0482. The van der Waals surface area contributed by atoms with Crippen LogP contribution >= 0.6 is 11.6 Å². The molecule has 1 aromatic heterocycles. The Morgan fingerprint density at radius 2 is 2.05 bits per heavy atom. The summed E-state index contributed by atoms with van der Waals surface area (Å²) in [5.41, 5.74) is 2.92. The summed E-state index contributed by atoms with van der Waals surface area (Å²) in [6.07, 6.45) is 0. The minimum Gasteiger partial charge on any atom is -0.394 e. The van der Waals surface area contributed by atoms with Crippen molar-refractivity contribution >= 4 is 11.6 Å². The molecule has 0 radical (unpaired) electrons. The number of ether oxygens (including phenoxy) is 1. The highest BCUT2D eigenvalue weighted by Gasteiger charge is 2.15. The maximum atomic E-state index is 8.63. The van der Waals surface area contributed by atoms with Crippen molar-refractivity contribution in [1.29, 1.82) is 0 Å². The second-order valence-corrected chi connectivity index (χ2v) is 4.98. The summed E-state index contributed by atoms with van der Waals surface area (Å²) >= 11 is 6.32. The van der Waals surface area contributed by atoms with Gasteiger partial charge in [0.05, 0.1) is 25.5 Å². The second kappa shape index (κ2) is 8.14. The van der Waals surface area contributed by atoms with Crippen LogP contribution < -0.4 is 5.32 Å². The van der Waals surface area contributed by atoms with E-state index < -0.39 is 0 Å². The number of aliphatic hydroxyl groups is 1. The molecule has 5 nitrogen and oxygen atoms in total. The molecule has 0 aliphatic carbocycles. The first-order valence-corrected chi connectivity index (χ1v) is 7.28. The molecule has 0 saturated heterocycles. The highest BCUT2D eigenvalue weighted by molar-refractivity contribution is 6.30. The topological polar surface area (TPSA) is 59.3 Å². The number of aromatic nitrogens is 2. The Hall–Kier alpha value is -1.40. The predicted octanol–water partition coefficient (Wildman–Crippen LogP) is 1.84. The van der Waals surface area contributed by atoms with Crippen LogP contribution in [0, 0.1) is 0 Å². The van der Waals surface area contributed by atoms with Gasteiger partial charge in [0.1, 0.15) is 5.15 Å². The average molecular weight is 310 g/mol. The Labute approximate surface area is 129 Å². The number of halogens is 1. The number of hydrogen-bond acceptors (Lipinski definition) is 4. The normalized spacial score (nSPS) is 11.0. The van der Waals surface area contributed by atoms with Crippen LogP contribution in [0.3, 0.4) is 0 Å². The number of nitrogens with one attached hydrogen (secondary N) is 1. The Bertz CT molecular complexity index is 558. The van der Waals surface area contributed by atoms with Crippen LogP contribution in [-0.4, -0.2) is 41.3 Å². The van der Waals surface area contributed by atoms with Gasteiger partial charge in [-0.25, -0.2) is 0 Å². The van der Waals surface area contributed by atoms with Crippen molar-refractivity contribution < 1.29 is 9.84 Å². The number of aryl methyl sites for hydroxylation is 1. The lowest BCUT2D eigenvalue weighted by Gasteiger charge is -2.06. The number of benzene rings is 1. The third-order valence-corrected chi connectivity index (χ3v) is 3.55. The van der Waals surface area contributed by atoms with Crippen LogP contribution in [-0.2, 0) is 18.3 Å². The molecule has 1 aromatic carbocycles. The fourth-order valence-electron chi connectivity index (χ4n) is 2.06. The number of aliphatic hydroxyl groups excluding tert-OH is 1. The van der Waals surface area contributed by atoms with Crippen LogP contribution in [0.2, 0.25) is 5.15 Å². The zero-order valence-electron chi connectivity index (χ0n) is 12.1. The molecule has 0 amide bonds. The highest BCUT2D eigenvalue weighted by atomic mass is 35.5. The average Bonchev–Trinajstić information content (AvgIpc) is 2.80. The van der Waals surface area contributed by atoms with E-state index in [-0.39, 0.29) is 6.61 Å².